The summed E-state index contributed by atoms with van der Waals surface area (Å²) in [7, 11) is 0. The minimum atomic E-state index is -0.548. The fourth-order valence-electron chi connectivity index (χ4n) is 2.91. The van der Waals surface area contributed by atoms with Gasteiger partial charge < -0.3 is 15.4 Å². The van der Waals surface area contributed by atoms with Crippen LogP contribution in [0.1, 0.15) is 24.2 Å². The van der Waals surface area contributed by atoms with E-state index in [0.29, 0.717) is 18.0 Å². The minimum absolute atomic E-state index is 0.153. The Bertz CT molecular complexity index is 1150. The van der Waals surface area contributed by atoms with Crippen molar-refractivity contribution in [2.24, 2.45) is 0 Å². The number of hydrogen-bond acceptors (Lipinski definition) is 6. The Hall–Kier alpha value is -3.85. The number of hydrogen-bond donors (Lipinski definition) is 2. The zero-order valence-electron chi connectivity index (χ0n) is 18.1. The largest absolute Gasteiger partial charge is 0.494 e. The summed E-state index contributed by atoms with van der Waals surface area (Å²) in [5.41, 5.74) is 1.23. The number of carbonyl (C=O) groups is 2. The number of amides is 2. The van der Waals surface area contributed by atoms with Crippen LogP contribution < -0.4 is 15.4 Å². The fraction of sp³-hybridized carbons (Fsp3) is 0.167. The lowest BCUT2D eigenvalue weighted by atomic mass is 10.2. The summed E-state index contributed by atoms with van der Waals surface area (Å²) in [6, 6.07) is 19.7. The fourth-order valence-corrected chi connectivity index (χ4v) is 3.84. The normalized spacial score (nSPS) is 11.3. The number of nitrogens with zero attached hydrogens (tertiary/aromatic N) is 1. The zero-order valence-corrected chi connectivity index (χ0v) is 18.9. The molecule has 9 heteroatoms. The standard InChI is InChI=1S/C24H23N3O5S/c1-3-32-21-12-10-18(11-13-21)25-23(28)16(2)33-22-9-5-7-19(15-22)26-24(29)17-6-4-8-20(14-17)27(30)31/h4-16H,3H2,1-2H3,(H,25,28)(H,26,29). The van der Waals surface area contributed by atoms with Gasteiger partial charge in [0.25, 0.3) is 11.6 Å². The molecule has 0 aliphatic heterocycles. The second-order valence-electron chi connectivity index (χ2n) is 7.00. The highest BCUT2D eigenvalue weighted by molar-refractivity contribution is 8.00. The summed E-state index contributed by atoms with van der Waals surface area (Å²) in [6.07, 6.45) is 0. The van der Waals surface area contributed by atoms with Crippen molar-refractivity contribution in [2.75, 3.05) is 17.2 Å². The molecule has 0 fully saturated rings. The molecule has 3 aromatic rings. The molecule has 2 amide bonds. The smallest absolute Gasteiger partial charge is 0.270 e. The molecule has 2 N–H and O–H groups in total. The van der Waals surface area contributed by atoms with Crippen molar-refractivity contribution in [3.05, 3.63) is 88.5 Å². The summed E-state index contributed by atoms with van der Waals surface area (Å²) in [5.74, 6) is 0.124. The number of non-ortho nitro benzene ring substituents is 1. The highest BCUT2D eigenvalue weighted by Crippen LogP contribution is 2.27. The van der Waals surface area contributed by atoms with E-state index >= 15 is 0 Å². The molecule has 3 rings (SSSR count). The first-order chi connectivity index (χ1) is 15.9. The average Bonchev–Trinajstić information content (AvgIpc) is 2.80. The molecule has 8 nitrogen and oxygen atoms in total. The van der Waals surface area contributed by atoms with Crippen LogP contribution in [-0.2, 0) is 4.79 Å². The number of carbonyl (C=O) groups excluding carboxylic acids is 2. The minimum Gasteiger partial charge on any atom is -0.494 e. The number of nitro benzene ring substituents is 1. The third kappa shape index (κ3) is 6.81. The van der Waals surface area contributed by atoms with Gasteiger partial charge in [0.1, 0.15) is 5.75 Å². The van der Waals surface area contributed by atoms with Crippen molar-refractivity contribution in [3.63, 3.8) is 0 Å². The molecule has 0 spiro atoms. The van der Waals surface area contributed by atoms with E-state index in [1.807, 2.05) is 13.0 Å². The van der Waals surface area contributed by atoms with Crippen LogP contribution in [0, 0.1) is 10.1 Å². The maximum atomic E-state index is 12.6. The van der Waals surface area contributed by atoms with Crippen molar-refractivity contribution >= 4 is 40.6 Å². The summed E-state index contributed by atoms with van der Waals surface area (Å²) >= 11 is 1.35. The molecule has 33 heavy (non-hydrogen) atoms. The predicted molar refractivity (Wildman–Crippen MR) is 129 cm³/mol. The van der Waals surface area contributed by atoms with E-state index in [1.165, 1.54) is 36.0 Å². The SMILES string of the molecule is CCOc1ccc(NC(=O)C(C)Sc2cccc(NC(=O)c3cccc([N+](=O)[O-])c3)c2)cc1. The van der Waals surface area contributed by atoms with Gasteiger partial charge in [0.05, 0.1) is 16.8 Å². The van der Waals surface area contributed by atoms with Gasteiger partial charge in [-0.05, 0) is 62.4 Å². The molecule has 1 atom stereocenters. The van der Waals surface area contributed by atoms with Gasteiger partial charge in [0.15, 0.2) is 0 Å². The molecule has 170 valence electrons. The summed E-state index contributed by atoms with van der Waals surface area (Å²) in [4.78, 5) is 36.2. The molecule has 1 unspecified atom stereocenters. The highest BCUT2D eigenvalue weighted by atomic mass is 32.2. The Morgan fingerprint density at radius 3 is 2.42 bits per heavy atom. The van der Waals surface area contributed by atoms with Crippen LogP contribution >= 0.6 is 11.8 Å². The van der Waals surface area contributed by atoms with Crippen LogP contribution in [0.3, 0.4) is 0 Å². The number of thioether (sulfide) groups is 1. The Labute approximate surface area is 195 Å². The maximum absolute atomic E-state index is 12.6. The topological polar surface area (TPSA) is 111 Å². The summed E-state index contributed by atoms with van der Waals surface area (Å²) in [5, 5.41) is 16.1. The maximum Gasteiger partial charge on any atom is 0.270 e. The lowest BCUT2D eigenvalue weighted by Gasteiger charge is -2.13. The van der Waals surface area contributed by atoms with E-state index in [1.54, 1.807) is 49.4 Å². The van der Waals surface area contributed by atoms with Crippen molar-refractivity contribution in [3.8, 4) is 5.75 Å². The van der Waals surface area contributed by atoms with Crippen molar-refractivity contribution in [1.82, 2.24) is 0 Å². The Balaban J connectivity index is 1.60. The van der Waals surface area contributed by atoms with Crippen molar-refractivity contribution in [1.29, 1.82) is 0 Å². The number of benzene rings is 3. The van der Waals surface area contributed by atoms with Gasteiger partial charge in [-0.25, -0.2) is 0 Å². The highest BCUT2D eigenvalue weighted by Gasteiger charge is 2.16. The third-order valence-corrected chi connectivity index (χ3v) is 5.62. The van der Waals surface area contributed by atoms with Gasteiger partial charge in [-0.3, -0.25) is 19.7 Å². The van der Waals surface area contributed by atoms with Crippen LogP contribution in [0.5, 0.6) is 5.75 Å². The van der Waals surface area contributed by atoms with Crippen LogP contribution in [0.2, 0.25) is 0 Å². The quantitative estimate of drug-likeness (QED) is 0.250. The molecule has 0 saturated heterocycles. The van der Waals surface area contributed by atoms with E-state index in [2.05, 4.69) is 10.6 Å². The molecule has 0 aliphatic carbocycles. The van der Waals surface area contributed by atoms with Crippen LogP contribution in [0.15, 0.2) is 77.7 Å². The van der Waals surface area contributed by atoms with Gasteiger partial charge in [-0.15, -0.1) is 11.8 Å². The van der Waals surface area contributed by atoms with E-state index < -0.39 is 10.8 Å². The first-order valence-electron chi connectivity index (χ1n) is 10.2. The van der Waals surface area contributed by atoms with Gasteiger partial charge >= 0.3 is 0 Å². The average molecular weight is 466 g/mol. The number of nitro groups is 1. The third-order valence-electron chi connectivity index (χ3n) is 4.53. The molecular weight excluding hydrogens is 442 g/mol. The number of anilines is 2. The van der Waals surface area contributed by atoms with Gasteiger partial charge in [-0.2, -0.15) is 0 Å². The second-order valence-corrected chi connectivity index (χ2v) is 8.41. The predicted octanol–water partition coefficient (Wildman–Crippen LogP) is 5.37. The Kier molecular flexibility index (Phi) is 8.04. The summed E-state index contributed by atoms with van der Waals surface area (Å²) in [6.45, 7) is 4.27. The Morgan fingerprint density at radius 2 is 1.73 bits per heavy atom. The molecule has 0 radical (unpaired) electrons. The number of ether oxygens (including phenoxy) is 1. The molecule has 0 saturated carbocycles. The molecule has 0 aliphatic rings. The van der Waals surface area contributed by atoms with Gasteiger partial charge in [0, 0.05) is 34.0 Å². The van der Waals surface area contributed by atoms with E-state index in [0.717, 1.165) is 10.6 Å². The molecular formula is C24H23N3O5S. The van der Waals surface area contributed by atoms with Crippen LogP contribution in [-0.4, -0.2) is 28.6 Å². The van der Waals surface area contributed by atoms with E-state index in [4.69, 9.17) is 4.74 Å². The zero-order chi connectivity index (χ0) is 23.8. The lowest BCUT2D eigenvalue weighted by Crippen LogP contribution is -2.22. The molecule has 0 bridgehead atoms. The molecule has 0 heterocycles. The van der Waals surface area contributed by atoms with Crippen molar-refractivity contribution < 1.29 is 19.2 Å². The van der Waals surface area contributed by atoms with Crippen molar-refractivity contribution in [2.45, 2.75) is 24.0 Å². The second kappa shape index (κ2) is 11.1. The van der Waals surface area contributed by atoms with Crippen LogP contribution in [0.25, 0.3) is 0 Å². The Morgan fingerprint density at radius 1 is 1.00 bits per heavy atom. The van der Waals surface area contributed by atoms with Gasteiger partial charge in [-0.1, -0.05) is 12.1 Å². The van der Waals surface area contributed by atoms with E-state index in [9.17, 15) is 19.7 Å². The van der Waals surface area contributed by atoms with Crippen LogP contribution in [0.4, 0.5) is 17.1 Å². The molecule has 3 aromatic carbocycles. The monoisotopic (exact) mass is 465 g/mol. The number of nitrogens with one attached hydrogen (secondary N) is 2. The van der Waals surface area contributed by atoms with E-state index in [-0.39, 0.29) is 22.4 Å². The van der Waals surface area contributed by atoms with Gasteiger partial charge in [0.2, 0.25) is 5.91 Å². The lowest BCUT2D eigenvalue weighted by molar-refractivity contribution is -0.384. The first kappa shape index (κ1) is 23.8. The first-order valence-corrected chi connectivity index (χ1v) is 11.1. The molecule has 0 aromatic heterocycles. The summed E-state index contributed by atoms with van der Waals surface area (Å²) < 4.78 is 5.40. The number of rotatable bonds is 9.